The summed E-state index contributed by atoms with van der Waals surface area (Å²) in [6.07, 6.45) is 0.763. The van der Waals surface area contributed by atoms with Gasteiger partial charge in [0.25, 0.3) is 0 Å². The summed E-state index contributed by atoms with van der Waals surface area (Å²) in [5, 5.41) is 3.30. The van der Waals surface area contributed by atoms with Gasteiger partial charge in [0.2, 0.25) is 0 Å². The average Bonchev–Trinajstić information content (AvgIpc) is 2.45. The topological polar surface area (TPSA) is 21.3 Å². The van der Waals surface area contributed by atoms with Crippen molar-refractivity contribution in [3.63, 3.8) is 0 Å². The molecule has 1 aliphatic carbocycles. The molecule has 2 rings (SSSR count). The fourth-order valence-corrected chi connectivity index (χ4v) is 2.94. The van der Waals surface area contributed by atoms with Crippen LogP contribution in [-0.2, 0) is 10.3 Å². The van der Waals surface area contributed by atoms with Crippen LogP contribution in [-0.4, -0.2) is 19.5 Å². The van der Waals surface area contributed by atoms with Gasteiger partial charge in [0.1, 0.15) is 0 Å². The smallest absolute Gasteiger partial charge is 0.305 e. The zero-order valence-corrected chi connectivity index (χ0v) is 11.4. The molecule has 1 fully saturated rings. The normalized spacial score (nSPS) is 18.9. The van der Waals surface area contributed by atoms with Gasteiger partial charge in [-0.3, -0.25) is 4.74 Å². The van der Waals surface area contributed by atoms with E-state index in [4.69, 9.17) is 0 Å². The fraction of sp³-hybridized carbons (Fsp3) is 0.600. The summed E-state index contributed by atoms with van der Waals surface area (Å²) in [6.45, 7) is -0.146. The Morgan fingerprint density at radius 3 is 2.30 bits per heavy atom. The average molecular weight is 287 g/mol. The lowest BCUT2D eigenvalue weighted by Crippen LogP contribution is -2.45. The number of nitrogens with one attached hydrogen (secondary N) is 1. The lowest BCUT2D eigenvalue weighted by Gasteiger charge is -2.39. The molecule has 0 heterocycles. The molecule has 2 nitrogen and oxygen atoms in total. The van der Waals surface area contributed by atoms with Crippen LogP contribution >= 0.6 is 0 Å². The van der Waals surface area contributed by atoms with Gasteiger partial charge < -0.3 is 5.32 Å². The summed E-state index contributed by atoms with van der Waals surface area (Å²) < 4.78 is 39.8. The summed E-state index contributed by atoms with van der Waals surface area (Å²) in [5.74, 6) is 0. The Morgan fingerprint density at radius 2 is 1.70 bits per heavy atom. The molecule has 20 heavy (non-hydrogen) atoms. The SMILES string of the molecule is FC(F)(F)OCCNC1(c2ccccc2)CCCCC1. The lowest BCUT2D eigenvalue weighted by molar-refractivity contribution is -0.323. The van der Waals surface area contributed by atoms with E-state index < -0.39 is 6.36 Å². The first-order chi connectivity index (χ1) is 9.52. The zero-order chi connectivity index (χ0) is 14.5. The lowest BCUT2D eigenvalue weighted by atomic mass is 9.76. The molecule has 1 N–H and O–H groups in total. The van der Waals surface area contributed by atoms with Gasteiger partial charge in [-0.05, 0) is 18.4 Å². The van der Waals surface area contributed by atoms with Crippen molar-refractivity contribution >= 4 is 0 Å². The molecule has 0 aliphatic heterocycles. The summed E-state index contributed by atoms with van der Waals surface area (Å²) >= 11 is 0. The number of halogens is 3. The highest BCUT2D eigenvalue weighted by atomic mass is 19.4. The van der Waals surface area contributed by atoms with Gasteiger partial charge in [-0.2, -0.15) is 0 Å². The molecule has 112 valence electrons. The molecule has 1 saturated carbocycles. The van der Waals surface area contributed by atoms with Gasteiger partial charge in [0.05, 0.1) is 6.61 Å². The molecular weight excluding hydrogens is 267 g/mol. The van der Waals surface area contributed by atoms with Gasteiger partial charge >= 0.3 is 6.36 Å². The molecule has 0 atom stereocenters. The van der Waals surface area contributed by atoms with Gasteiger partial charge in [-0.25, -0.2) is 0 Å². The first-order valence-corrected chi connectivity index (χ1v) is 7.03. The van der Waals surface area contributed by atoms with Gasteiger partial charge in [0, 0.05) is 12.1 Å². The minimum atomic E-state index is -4.55. The molecule has 0 spiro atoms. The third kappa shape index (κ3) is 4.21. The summed E-state index contributed by atoms with van der Waals surface area (Å²) in [5.41, 5.74) is 0.959. The highest BCUT2D eigenvalue weighted by molar-refractivity contribution is 5.25. The van der Waals surface area contributed by atoms with Crippen LogP contribution in [0.1, 0.15) is 37.7 Å². The summed E-state index contributed by atoms with van der Waals surface area (Å²) in [7, 11) is 0. The van der Waals surface area contributed by atoms with Gasteiger partial charge in [-0.15, -0.1) is 13.2 Å². The summed E-state index contributed by atoms with van der Waals surface area (Å²) in [4.78, 5) is 0. The van der Waals surface area contributed by atoms with E-state index in [1.54, 1.807) is 0 Å². The van der Waals surface area contributed by atoms with Crippen LogP contribution in [0.4, 0.5) is 13.2 Å². The van der Waals surface area contributed by atoms with Crippen molar-refractivity contribution in [1.29, 1.82) is 0 Å². The molecule has 0 bridgehead atoms. The van der Waals surface area contributed by atoms with E-state index >= 15 is 0 Å². The second-order valence-electron chi connectivity index (χ2n) is 5.23. The molecule has 1 aromatic carbocycles. The Bertz CT molecular complexity index is 399. The largest absolute Gasteiger partial charge is 0.522 e. The second kappa shape index (κ2) is 6.59. The van der Waals surface area contributed by atoms with E-state index in [1.807, 2.05) is 30.3 Å². The quantitative estimate of drug-likeness (QED) is 0.827. The Balaban J connectivity index is 1.98. The molecule has 0 saturated heterocycles. The minimum Gasteiger partial charge on any atom is -0.305 e. The van der Waals surface area contributed by atoms with Crippen molar-refractivity contribution in [3.8, 4) is 0 Å². The molecular formula is C15H20F3NO. The zero-order valence-electron chi connectivity index (χ0n) is 11.4. The minimum absolute atomic E-state index is 0.200. The fourth-order valence-electron chi connectivity index (χ4n) is 2.94. The van der Waals surface area contributed by atoms with E-state index in [9.17, 15) is 13.2 Å². The molecule has 0 radical (unpaired) electrons. The highest BCUT2D eigenvalue weighted by Gasteiger charge is 2.34. The predicted octanol–water partition coefficient (Wildman–Crippen LogP) is 3.97. The Labute approximate surface area is 117 Å². The maximum Gasteiger partial charge on any atom is 0.522 e. The maximum atomic E-state index is 12.0. The Kier molecular flexibility index (Phi) is 5.05. The molecule has 1 aliphatic rings. The van der Waals surface area contributed by atoms with Crippen LogP contribution < -0.4 is 5.32 Å². The first-order valence-electron chi connectivity index (χ1n) is 7.03. The van der Waals surface area contributed by atoms with Crippen LogP contribution in [0.5, 0.6) is 0 Å². The predicted molar refractivity (Wildman–Crippen MR) is 71.2 cm³/mol. The van der Waals surface area contributed by atoms with E-state index in [0.29, 0.717) is 0 Å². The standard InChI is InChI=1S/C15H20F3NO/c16-15(17,18)20-12-11-19-14(9-5-2-6-10-14)13-7-3-1-4-8-13/h1,3-4,7-8,19H,2,5-6,9-12H2. The van der Waals surface area contributed by atoms with E-state index in [1.165, 1.54) is 6.42 Å². The molecule has 0 unspecified atom stereocenters. The number of hydrogen-bond donors (Lipinski definition) is 1. The molecule has 1 aromatic rings. The van der Waals surface area contributed by atoms with Crippen molar-refractivity contribution < 1.29 is 17.9 Å². The monoisotopic (exact) mass is 287 g/mol. The summed E-state index contributed by atoms with van der Waals surface area (Å²) in [6, 6.07) is 9.98. The number of rotatable bonds is 5. The Morgan fingerprint density at radius 1 is 1.05 bits per heavy atom. The van der Waals surface area contributed by atoms with Crippen molar-refractivity contribution in [1.82, 2.24) is 5.32 Å². The van der Waals surface area contributed by atoms with Gasteiger partial charge in [0.15, 0.2) is 0 Å². The first kappa shape index (κ1) is 15.3. The van der Waals surface area contributed by atoms with Crippen molar-refractivity contribution in [2.24, 2.45) is 0 Å². The number of alkyl halides is 3. The third-order valence-electron chi connectivity index (χ3n) is 3.86. The number of hydrogen-bond acceptors (Lipinski definition) is 2. The van der Waals surface area contributed by atoms with Crippen LogP contribution in [0.2, 0.25) is 0 Å². The van der Waals surface area contributed by atoms with Crippen molar-refractivity contribution in [2.45, 2.75) is 44.0 Å². The van der Waals surface area contributed by atoms with Crippen LogP contribution in [0.25, 0.3) is 0 Å². The van der Waals surface area contributed by atoms with E-state index in [2.05, 4.69) is 10.1 Å². The third-order valence-corrected chi connectivity index (χ3v) is 3.86. The van der Waals surface area contributed by atoms with Crippen LogP contribution in [0.15, 0.2) is 30.3 Å². The maximum absolute atomic E-state index is 12.0. The van der Waals surface area contributed by atoms with E-state index in [-0.39, 0.29) is 18.7 Å². The number of ether oxygens (including phenoxy) is 1. The van der Waals surface area contributed by atoms with E-state index in [0.717, 1.165) is 31.2 Å². The molecule has 0 amide bonds. The van der Waals surface area contributed by atoms with Crippen LogP contribution in [0, 0.1) is 0 Å². The van der Waals surface area contributed by atoms with Crippen molar-refractivity contribution in [3.05, 3.63) is 35.9 Å². The second-order valence-corrected chi connectivity index (χ2v) is 5.23. The molecule has 5 heteroatoms. The van der Waals surface area contributed by atoms with Crippen molar-refractivity contribution in [2.75, 3.05) is 13.2 Å². The highest BCUT2D eigenvalue weighted by Crippen LogP contribution is 2.36. The van der Waals surface area contributed by atoms with Gasteiger partial charge in [-0.1, -0.05) is 49.6 Å². The number of benzene rings is 1. The molecule has 0 aromatic heterocycles. The Hall–Kier alpha value is -1.07. The van der Waals surface area contributed by atoms with Crippen LogP contribution in [0.3, 0.4) is 0 Å².